The first kappa shape index (κ1) is 17.1. The number of hydrogen-bond acceptors (Lipinski definition) is 6. The van der Waals surface area contributed by atoms with E-state index in [-0.39, 0.29) is 6.03 Å². The number of hydrogen-bond donors (Lipinski definition) is 1. The Morgan fingerprint density at radius 1 is 1.27 bits per heavy atom. The fourth-order valence-corrected chi connectivity index (χ4v) is 3.06. The van der Waals surface area contributed by atoms with Gasteiger partial charge in [0.25, 0.3) is 0 Å². The maximum atomic E-state index is 12.3. The minimum Gasteiger partial charge on any atom is -0.353 e. The summed E-state index contributed by atoms with van der Waals surface area (Å²) in [6.45, 7) is 3.31. The molecule has 0 spiro atoms. The summed E-state index contributed by atoms with van der Waals surface area (Å²) >= 11 is 5.87. The van der Waals surface area contributed by atoms with Gasteiger partial charge in [-0.2, -0.15) is 4.98 Å². The summed E-state index contributed by atoms with van der Waals surface area (Å²) in [6.07, 6.45) is 4.49. The molecule has 0 unspecified atom stereocenters. The van der Waals surface area contributed by atoms with Gasteiger partial charge in [-0.05, 0) is 25.0 Å². The first-order valence-electron chi connectivity index (χ1n) is 8.91. The fourth-order valence-electron chi connectivity index (χ4n) is 2.95. The second-order valence-electron chi connectivity index (χ2n) is 6.61. The van der Waals surface area contributed by atoms with Crippen LogP contribution in [-0.4, -0.2) is 58.8 Å². The van der Waals surface area contributed by atoms with Crippen LogP contribution in [-0.2, 0) is 6.42 Å². The normalized spacial score (nSPS) is 17.4. The van der Waals surface area contributed by atoms with E-state index >= 15 is 0 Å². The summed E-state index contributed by atoms with van der Waals surface area (Å²) < 4.78 is 5.22. The van der Waals surface area contributed by atoms with Crippen LogP contribution >= 0.6 is 11.6 Å². The van der Waals surface area contributed by atoms with Crippen molar-refractivity contribution < 1.29 is 9.32 Å². The molecule has 1 N–H and O–H groups in total. The van der Waals surface area contributed by atoms with Crippen LogP contribution in [0, 0.1) is 0 Å². The van der Waals surface area contributed by atoms with Gasteiger partial charge < -0.3 is 19.6 Å². The molecular formula is C17H21ClN6O2. The number of halogens is 1. The molecule has 0 radical (unpaired) electrons. The third-order valence-corrected chi connectivity index (χ3v) is 4.86. The number of nitrogens with one attached hydrogen (secondary N) is 1. The van der Waals surface area contributed by atoms with Crippen molar-refractivity contribution in [2.24, 2.45) is 0 Å². The monoisotopic (exact) mass is 376 g/mol. The second-order valence-corrected chi connectivity index (χ2v) is 7.05. The number of anilines is 1. The van der Waals surface area contributed by atoms with Crippen molar-refractivity contribution in [2.45, 2.75) is 25.2 Å². The molecule has 2 fully saturated rings. The van der Waals surface area contributed by atoms with Gasteiger partial charge in [0.2, 0.25) is 5.89 Å². The standard InChI is InChI=1S/C17H21ClN6O2/c18-13-3-4-15(20-11-13)23-7-9-24(10-8-23)17(25)19-6-5-14-21-16(26-22-14)12-1-2-12/h3-4,11-12H,1-2,5-10H2,(H,19,25). The van der Waals surface area contributed by atoms with Gasteiger partial charge in [0.15, 0.2) is 5.82 Å². The van der Waals surface area contributed by atoms with E-state index in [9.17, 15) is 4.79 Å². The topological polar surface area (TPSA) is 87.4 Å². The van der Waals surface area contributed by atoms with Gasteiger partial charge in [-0.25, -0.2) is 9.78 Å². The number of aromatic nitrogens is 3. The minimum absolute atomic E-state index is 0.0559. The van der Waals surface area contributed by atoms with Crippen LogP contribution in [0.1, 0.15) is 30.5 Å². The molecule has 2 aromatic rings. The third-order valence-electron chi connectivity index (χ3n) is 4.64. The van der Waals surface area contributed by atoms with Crippen molar-refractivity contribution in [1.29, 1.82) is 0 Å². The average molecular weight is 377 g/mol. The van der Waals surface area contributed by atoms with E-state index in [1.807, 2.05) is 17.0 Å². The number of nitrogens with zero attached hydrogens (tertiary/aromatic N) is 5. The van der Waals surface area contributed by atoms with E-state index in [0.29, 0.717) is 42.8 Å². The van der Waals surface area contributed by atoms with Gasteiger partial charge in [-0.15, -0.1) is 0 Å². The predicted octanol–water partition coefficient (Wildman–Crippen LogP) is 2.07. The molecule has 2 aromatic heterocycles. The SMILES string of the molecule is O=C(NCCc1noc(C2CC2)n1)N1CCN(c2ccc(Cl)cn2)CC1. The number of urea groups is 1. The van der Waals surface area contributed by atoms with E-state index in [2.05, 4.69) is 25.3 Å². The van der Waals surface area contributed by atoms with Crippen molar-refractivity contribution in [3.05, 3.63) is 35.1 Å². The number of piperazine rings is 1. The smallest absolute Gasteiger partial charge is 0.317 e. The Hall–Kier alpha value is -2.35. The van der Waals surface area contributed by atoms with Crippen LogP contribution in [0.4, 0.5) is 10.6 Å². The molecule has 138 valence electrons. The van der Waals surface area contributed by atoms with Gasteiger partial charge in [0.05, 0.1) is 5.02 Å². The quantitative estimate of drug-likeness (QED) is 0.859. The van der Waals surface area contributed by atoms with E-state index in [4.69, 9.17) is 16.1 Å². The van der Waals surface area contributed by atoms with Crippen LogP contribution in [0.15, 0.2) is 22.9 Å². The van der Waals surface area contributed by atoms with Crippen LogP contribution in [0.25, 0.3) is 0 Å². The first-order chi connectivity index (χ1) is 12.7. The summed E-state index contributed by atoms with van der Waals surface area (Å²) in [6, 6.07) is 3.67. The maximum Gasteiger partial charge on any atom is 0.317 e. The fraction of sp³-hybridized carbons (Fsp3) is 0.529. The molecule has 3 heterocycles. The maximum absolute atomic E-state index is 12.3. The molecule has 9 heteroatoms. The summed E-state index contributed by atoms with van der Waals surface area (Å²) in [5, 5.41) is 7.52. The molecule has 4 rings (SSSR count). The van der Waals surface area contributed by atoms with Gasteiger partial charge in [-0.3, -0.25) is 0 Å². The number of carbonyl (C=O) groups is 1. The molecule has 1 aliphatic carbocycles. The molecular weight excluding hydrogens is 356 g/mol. The lowest BCUT2D eigenvalue weighted by Crippen LogP contribution is -2.52. The van der Waals surface area contributed by atoms with Crippen LogP contribution in [0.2, 0.25) is 5.02 Å². The summed E-state index contributed by atoms with van der Waals surface area (Å²) in [5.74, 6) is 2.74. The van der Waals surface area contributed by atoms with Gasteiger partial charge >= 0.3 is 6.03 Å². The predicted molar refractivity (Wildman–Crippen MR) is 96.4 cm³/mol. The average Bonchev–Trinajstić information content (AvgIpc) is 3.41. The van der Waals surface area contributed by atoms with Crippen molar-refractivity contribution in [3.8, 4) is 0 Å². The Bertz CT molecular complexity index is 753. The lowest BCUT2D eigenvalue weighted by Gasteiger charge is -2.35. The Morgan fingerprint density at radius 2 is 2.08 bits per heavy atom. The highest BCUT2D eigenvalue weighted by Crippen LogP contribution is 2.38. The number of rotatable bonds is 5. The van der Waals surface area contributed by atoms with Crippen molar-refractivity contribution in [3.63, 3.8) is 0 Å². The number of amides is 2. The van der Waals surface area contributed by atoms with Crippen molar-refractivity contribution >= 4 is 23.4 Å². The highest BCUT2D eigenvalue weighted by Gasteiger charge is 2.29. The molecule has 1 saturated carbocycles. The summed E-state index contributed by atoms with van der Waals surface area (Å²) in [7, 11) is 0. The highest BCUT2D eigenvalue weighted by atomic mass is 35.5. The minimum atomic E-state index is -0.0559. The molecule has 1 saturated heterocycles. The summed E-state index contributed by atoms with van der Waals surface area (Å²) in [5.41, 5.74) is 0. The zero-order chi connectivity index (χ0) is 17.9. The number of pyridine rings is 1. The van der Waals surface area contributed by atoms with E-state index in [0.717, 1.165) is 37.6 Å². The Balaban J connectivity index is 1.20. The molecule has 1 aliphatic heterocycles. The van der Waals surface area contributed by atoms with E-state index < -0.39 is 0 Å². The van der Waals surface area contributed by atoms with E-state index in [1.54, 1.807) is 6.20 Å². The van der Waals surface area contributed by atoms with Gasteiger partial charge in [-0.1, -0.05) is 16.8 Å². The van der Waals surface area contributed by atoms with Gasteiger partial charge in [0.1, 0.15) is 5.82 Å². The molecule has 0 atom stereocenters. The molecule has 2 aliphatic rings. The Kier molecular flexibility index (Phi) is 4.92. The van der Waals surface area contributed by atoms with Crippen LogP contribution < -0.4 is 10.2 Å². The third kappa shape index (κ3) is 4.07. The van der Waals surface area contributed by atoms with Crippen LogP contribution in [0.5, 0.6) is 0 Å². The lowest BCUT2D eigenvalue weighted by atomic mass is 10.3. The van der Waals surface area contributed by atoms with Crippen molar-refractivity contribution in [2.75, 3.05) is 37.6 Å². The zero-order valence-corrected chi connectivity index (χ0v) is 15.2. The molecule has 0 bridgehead atoms. The summed E-state index contributed by atoms with van der Waals surface area (Å²) in [4.78, 5) is 25.0. The zero-order valence-electron chi connectivity index (χ0n) is 14.4. The van der Waals surface area contributed by atoms with Gasteiger partial charge in [0, 0.05) is 51.3 Å². The molecule has 8 nitrogen and oxygen atoms in total. The lowest BCUT2D eigenvalue weighted by molar-refractivity contribution is 0.194. The Morgan fingerprint density at radius 3 is 2.77 bits per heavy atom. The first-order valence-corrected chi connectivity index (χ1v) is 9.28. The van der Waals surface area contributed by atoms with Crippen molar-refractivity contribution in [1.82, 2.24) is 25.3 Å². The highest BCUT2D eigenvalue weighted by molar-refractivity contribution is 6.30. The molecule has 26 heavy (non-hydrogen) atoms. The van der Waals surface area contributed by atoms with E-state index in [1.165, 1.54) is 0 Å². The number of carbonyl (C=O) groups excluding carboxylic acids is 1. The molecule has 2 amide bonds. The molecule has 0 aromatic carbocycles. The van der Waals surface area contributed by atoms with Crippen LogP contribution in [0.3, 0.4) is 0 Å². The second kappa shape index (κ2) is 7.49. The largest absolute Gasteiger partial charge is 0.353 e. The Labute approximate surface area is 156 Å².